The second kappa shape index (κ2) is 6.96. The first-order valence-corrected chi connectivity index (χ1v) is 4.50. The van der Waals surface area contributed by atoms with Crippen molar-refractivity contribution in [2.45, 2.75) is 13.3 Å². The molecule has 0 saturated carbocycles. The molecule has 0 aliphatic rings. The predicted molar refractivity (Wildman–Crippen MR) is 63.0 cm³/mol. The molecular weight excluding hydrogens is 172 g/mol. The summed E-state index contributed by atoms with van der Waals surface area (Å²) in [6.45, 7) is 13.4. The maximum absolute atomic E-state index is 5.05. The molecule has 0 bridgehead atoms. The van der Waals surface area contributed by atoms with Gasteiger partial charge in [0, 0.05) is 0 Å². The number of ether oxygens (including phenoxy) is 1. The fourth-order valence-corrected chi connectivity index (χ4v) is 1.04. The van der Waals surface area contributed by atoms with Gasteiger partial charge in [-0.15, -0.1) is 0 Å². The van der Waals surface area contributed by atoms with Crippen molar-refractivity contribution in [2.75, 3.05) is 7.11 Å². The maximum Gasteiger partial charge on any atom is 0.118 e. The zero-order chi connectivity index (χ0) is 11.0. The molecule has 0 N–H and O–H groups in total. The Balaban J connectivity index is 4.29. The summed E-state index contributed by atoms with van der Waals surface area (Å²) in [5.41, 5.74) is 2.00. The van der Waals surface area contributed by atoms with Gasteiger partial charge < -0.3 is 4.74 Å². The molecule has 0 saturated heterocycles. The minimum absolute atomic E-state index is 0.725. The summed E-state index contributed by atoms with van der Waals surface area (Å²) >= 11 is 0. The molecule has 0 spiro atoms. The fraction of sp³-hybridized carbons (Fsp3) is 0.231. The van der Waals surface area contributed by atoms with Crippen LogP contribution in [0.25, 0.3) is 0 Å². The first kappa shape index (κ1) is 12.5. The van der Waals surface area contributed by atoms with Gasteiger partial charge in [0.05, 0.1) is 7.11 Å². The van der Waals surface area contributed by atoms with E-state index in [1.165, 1.54) is 0 Å². The molecule has 1 heteroatoms. The molecule has 0 fully saturated rings. The van der Waals surface area contributed by atoms with Gasteiger partial charge in [-0.25, -0.2) is 0 Å². The van der Waals surface area contributed by atoms with Crippen molar-refractivity contribution in [3.05, 3.63) is 60.9 Å². The molecule has 0 aromatic rings. The molecule has 0 atom stereocenters. The van der Waals surface area contributed by atoms with Gasteiger partial charge in [-0.1, -0.05) is 37.5 Å². The van der Waals surface area contributed by atoms with Gasteiger partial charge in [0.25, 0.3) is 0 Å². The molecule has 14 heavy (non-hydrogen) atoms. The monoisotopic (exact) mass is 190 g/mol. The van der Waals surface area contributed by atoms with E-state index in [1.807, 2.05) is 25.2 Å². The average molecular weight is 190 g/mol. The standard InChI is InChI=1S/C13H18O/c1-6-8-11(3)9-12(4)10-13(7-2)14-5/h6-8,10H,2-4,9H2,1,5H3/b8-6-,13-10+. The van der Waals surface area contributed by atoms with Gasteiger partial charge in [0.2, 0.25) is 0 Å². The van der Waals surface area contributed by atoms with Crippen LogP contribution >= 0.6 is 0 Å². The Kier molecular flexibility index (Phi) is 6.21. The van der Waals surface area contributed by atoms with Crippen LogP contribution in [-0.2, 0) is 4.74 Å². The van der Waals surface area contributed by atoms with Gasteiger partial charge >= 0.3 is 0 Å². The number of hydrogen-bond donors (Lipinski definition) is 0. The van der Waals surface area contributed by atoms with Crippen LogP contribution in [0, 0.1) is 0 Å². The first-order chi connectivity index (χ1) is 6.63. The third-order valence-corrected chi connectivity index (χ3v) is 1.64. The van der Waals surface area contributed by atoms with Crippen molar-refractivity contribution in [1.82, 2.24) is 0 Å². The third-order valence-electron chi connectivity index (χ3n) is 1.64. The summed E-state index contributed by atoms with van der Waals surface area (Å²) in [5, 5.41) is 0. The Hall–Kier alpha value is -1.50. The maximum atomic E-state index is 5.05. The van der Waals surface area contributed by atoms with E-state index in [1.54, 1.807) is 13.2 Å². The van der Waals surface area contributed by atoms with E-state index in [2.05, 4.69) is 19.7 Å². The summed E-state index contributed by atoms with van der Waals surface area (Å²) in [5.74, 6) is 0.725. The smallest absolute Gasteiger partial charge is 0.118 e. The minimum atomic E-state index is 0.725. The normalized spacial score (nSPS) is 11.4. The van der Waals surface area contributed by atoms with Crippen molar-refractivity contribution < 1.29 is 4.74 Å². The van der Waals surface area contributed by atoms with Crippen molar-refractivity contribution in [1.29, 1.82) is 0 Å². The Labute approximate surface area is 86.8 Å². The molecule has 76 valence electrons. The van der Waals surface area contributed by atoms with Gasteiger partial charge in [0.15, 0.2) is 0 Å². The zero-order valence-electron chi connectivity index (χ0n) is 9.05. The highest BCUT2D eigenvalue weighted by Crippen LogP contribution is 2.12. The molecule has 0 aliphatic carbocycles. The van der Waals surface area contributed by atoms with Crippen LogP contribution in [0.5, 0.6) is 0 Å². The van der Waals surface area contributed by atoms with Crippen LogP contribution in [0.3, 0.4) is 0 Å². The van der Waals surface area contributed by atoms with Crippen LogP contribution in [0.1, 0.15) is 13.3 Å². The number of hydrogen-bond acceptors (Lipinski definition) is 1. The molecule has 0 rings (SSSR count). The van der Waals surface area contributed by atoms with E-state index >= 15 is 0 Å². The number of methoxy groups -OCH3 is 1. The summed E-state index contributed by atoms with van der Waals surface area (Å²) < 4.78 is 5.05. The molecule has 0 amide bonds. The van der Waals surface area contributed by atoms with Crippen LogP contribution in [0.15, 0.2) is 60.9 Å². The summed E-state index contributed by atoms with van der Waals surface area (Å²) in [6.07, 6.45) is 8.21. The van der Waals surface area contributed by atoms with Crippen molar-refractivity contribution in [3.8, 4) is 0 Å². The third kappa shape index (κ3) is 5.20. The van der Waals surface area contributed by atoms with E-state index in [0.717, 1.165) is 23.3 Å². The zero-order valence-corrected chi connectivity index (χ0v) is 9.05. The highest BCUT2D eigenvalue weighted by atomic mass is 16.5. The lowest BCUT2D eigenvalue weighted by Crippen LogP contribution is -1.85. The highest BCUT2D eigenvalue weighted by molar-refractivity contribution is 5.30. The molecule has 0 aromatic carbocycles. The Bertz CT molecular complexity index is 280. The van der Waals surface area contributed by atoms with Crippen LogP contribution < -0.4 is 0 Å². The number of rotatable bonds is 6. The molecule has 0 aliphatic heterocycles. The van der Waals surface area contributed by atoms with E-state index in [9.17, 15) is 0 Å². The molecular formula is C13H18O. The molecule has 1 nitrogen and oxygen atoms in total. The predicted octanol–water partition coefficient (Wildman–Crippen LogP) is 3.78. The Morgan fingerprint density at radius 3 is 2.36 bits per heavy atom. The van der Waals surface area contributed by atoms with E-state index in [4.69, 9.17) is 4.74 Å². The quantitative estimate of drug-likeness (QED) is 0.457. The molecule has 0 aromatic heterocycles. The van der Waals surface area contributed by atoms with Gasteiger partial charge in [0.1, 0.15) is 5.76 Å². The molecule has 0 heterocycles. The van der Waals surface area contributed by atoms with Gasteiger partial charge in [-0.3, -0.25) is 0 Å². The SMILES string of the molecule is C=C/C(=C\C(=C)CC(=C)/C=C\C)OC. The average Bonchev–Trinajstić information content (AvgIpc) is 2.14. The summed E-state index contributed by atoms with van der Waals surface area (Å²) in [7, 11) is 1.61. The molecule has 0 radical (unpaired) electrons. The summed E-state index contributed by atoms with van der Waals surface area (Å²) in [6, 6.07) is 0. The lowest BCUT2D eigenvalue weighted by molar-refractivity contribution is 0.307. The van der Waals surface area contributed by atoms with E-state index < -0.39 is 0 Å². The second-order valence-corrected chi connectivity index (χ2v) is 2.95. The summed E-state index contributed by atoms with van der Waals surface area (Å²) in [4.78, 5) is 0. The Morgan fingerprint density at radius 2 is 1.93 bits per heavy atom. The van der Waals surface area contributed by atoms with E-state index in [0.29, 0.717) is 0 Å². The lowest BCUT2D eigenvalue weighted by Gasteiger charge is -2.03. The largest absolute Gasteiger partial charge is 0.497 e. The molecule has 0 unspecified atom stereocenters. The topological polar surface area (TPSA) is 9.23 Å². The van der Waals surface area contributed by atoms with Crippen molar-refractivity contribution >= 4 is 0 Å². The number of allylic oxidation sites excluding steroid dienone is 6. The van der Waals surface area contributed by atoms with Gasteiger partial charge in [-0.2, -0.15) is 0 Å². The van der Waals surface area contributed by atoms with Crippen molar-refractivity contribution in [2.24, 2.45) is 0 Å². The van der Waals surface area contributed by atoms with Crippen LogP contribution in [0.4, 0.5) is 0 Å². The fourth-order valence-electron chi connectivity index (χ4n) is 1.04. The van der Waals surface area contributed by atoms with Gasteiger partial charge in [-0.05, 0) is 31.1 Å². The first-order valence-electron chi connectivity index (χ1n) is 4.50. The van der Waals surface area contributed by atoms with Crippen molar-refractivity contribution in [3.63, 3.8) is 0 Å². The minimum Gasteiger partial charge on any atom is -0.497 e. The van der Waals surface area contributed by atoms with E-state index in [-0.39, 0.29) is 0 Å². The highest BCUT2D eigenvalue weighted by Gasteiger charge is 1.94. The second-order valence-electron chi connectivity index (χ2n) is 2.95. The Morgan fingerprint density at radius 1 is 1.29 bits per heavy atom. The lowest BCUT2D eigenvalue weighted by atomic mass is 10.1. The van der Waals surface area contributed by atoms with Crippen LogP contribution in [-0.4, -0.2) is 7.11 Å². The van der Waals surface area contributed by atoms with Crippen LogP contribution in [0.2, 0.25) is 0 Å².